The SMILES string of the molecule is CC(C)(SCC(=O)Nc1ccc(F)c(Cl)c1)[C@@H](N)C(=O)O. The topological polar surface area (TPSA) is 92.4 Å². The van der Waals surface area contributed by atoms with Gasteiger partial charge in [-0.1, -0.05) is 11.6 Å². The monoisotopic (exact) mass is 334 g/mol. The highest BCUT2D eigenvalue weighted by Crippen LogP contribution is 2.27. The van der Waals surface area contributed by atoms with Crippen molar-refractivity contribution in [2.75, 3.05) is 11.1 Å². The molecular weight excluding hydrogens is 319 g/mol. The van der Waals surface area contributed by atoms with Crippen LogP contribution >= 0.6 is 23.4 Å². The van der Waals surface area contributed by atoms with E-state index < -0.39 is 22.6 Å². The molecule has 21 heavy (non-hydrogen) atoms. The summed E-state index contributed by atoms with van der Waals surface area (Å²) in [5.41, 5.74) is 5.93. The fraction of sp³-hybridized carbons (Fsp3) is 0.385. The van der Waals surface area contributed by atoms with Crippen LogP contribution in [0.4, 0.5) is 10.1 Å². The molecule has 1 aromatic carbocycles. The number of amides is 1. The summed E-state index contributed by atoms with van der Waals surface area (Å²) < 4.78 is 12.2. The number of carbonyl (C=O) groups is 2. The Hall–Kier alpha value is -1.31. The molecule has 0 aliphatic heterocycles. The van der Waals surface area contributed by atoms with Crippen molar-refractivity contribution in [3.63, 3.8) is 0 Å². The lowest BCUT2D eigenvalue weighted by atomic mass is 10.1. The molecule has 1 rings (SSSR count). The van der Waals surface area contributed by atoms with E-state index >= 15 is 0 Å². The number of benzene rings is 1. The summed E-state index contributed by atoms with van der Waals surface area (Å²) in [6.07, 6.45) is 0. The summed E-state index contributed by atoms with van der Waals surface area (Å²) in [6, 6.07) is 2.75. The number of anilines is 1. The number of carboxylic acid groups (broad SMARTS) is 1. The summed E-state index contributed by atoms with van der Waals surface area (Å²) in [5, 5.41) is 11.3. The van der Waals surface area contributed by atoms with Gasteiger partial charge in [0, 0.05) is 10.4 Å². The molecule has 0 aromatic heterocycles. The predicted molar refractivity (Wildman–Crippen MR) is 82.2 cm³/mol. The van der Waals surface area contributed by atoms with Crippen LogP contribution < -0.4 is 11.1 Å². The molecule has 0 unspecified atom stereocenters. The lowest BCUT2D eigenvalue weighted by Crippen LogP contribution is -2.47. The molecule has 5 nitrogen and oxygen atoms in total. The Balaban J connectivity index is 2.58. The first-order chi connectivity index (χ1) is 9.63. The predicted octanol–water partition coefficient (Wildman–Crippen LogP) is 2.34. The zero-order valence-corrected chi connectivity index (χ0v) is 13.1. The number of hydrogen-bond acceptors (Lipinski definition) is 4. The van der Waals surface area contributed by atoms with Crippen molar-refractivity contribution in [3.8, 4) is 0 Å². The average Bonchev–Trinajstić information content (AvgIpc) is 2.40. The second-order valence-corrected chi connectivity index (χ2v) is 6.92. The first-order valence-electron chi connectivity index (χ1n) is 6.00. The fourth-order valence-corrected chi connectivity index (χ4v) is 2.45. The van der Waals surface area contributed by atoms with Crippen molar-refractivity contribution < 1.29 is 19.1 Å². The van der Waals surface area contributed by atoms with E-state index in [1.807, 2.05) is 0 Å². The smallest absolute Gasteiger partial charge is 0.321 e. The molecule has 0 aliphatic carbocycles. The maximum atomic E-state index is 13.0. The van der Waals surface area contributed by atoms with Crippen LogP contribution in [0.5, 0.6) is 0 Å². The van der Waals surface area contributed by atoms with Crippen LogP contribution in [0.15, 0.2) is 18.2 Å². The van der Waals surface area contributed by atoms with Gasteiger partial charge in [0.1, 0.15) is 11.9 Å². The third-order valence-corrected chi connectivity index (χ3v) is 4.49. The molecule has 0 heterocycles. The van der Waals surface area contributed by atoms with E-state index in [1.54, 1.807) is 13.8 Å². The Bertz CT molecular complexity index is 554. The number of hydrogen-bond donors (Lipinski definition) is 3. The first kappa shape index (κ1) is 17.7. The zero-order chi connectivity index (χ0) is 16.2. The Labute approximate surface area is 131 Å². The third-order valence-electron chi connectivity index (χ3n) is 2.79. The van der Waals surface area contributed by atoms with E-state index in [4.69, 9.17) is 22.4 Å². The number of nitrogens with two attached hydrogens (primary N) is 1. The largest absolute Gasteiger partial charge is 0.480 e. The standard InChI is InChI=1S/C13H16ClFN2O3S/c1-13(2,11(16)12(19)20)21-6-10(18)17-7-3-4-9(15)8(14)5-7/h3-5,11H,6,16H2,1-2H3,(H,17,18)(H,19,20)/t11-/m0/s1. The number of thioether (sulfide) groups is 1. The highest BCUT2D eigenvalue weighted by molar-refractivity contribution is 8.01. The Morgan fingerprint density at radius 2 is 2.14 bits per heavy atom. The van der Waals surface area contributed by atoms with Crippen LogP contribution in [0.25, 0.3) is 0 Å². The van der Waals surface area contributed by atoms with Gasteiger partial charge in [-0.2, -0.15) is 0 Å². The van der Waals surface area contributed by atoms with E-state index in [9.17, 15) is 14.0 Å². The van der Waals surface area contributed by atoms with Gasteiger partial charge >= 0.3 is 5.97 Å². The highest BCUT2D eigenvalue weighted by atomic mass is 35.5. The first-order valence-corrected chi connectivity index (χ1v) is 7.37. The molecule has 0 saturated heterocycles. The number of rotatable bonds is 6. The van der Waals surface area contributed by atoms with Crippen molar-refractivity contribution >= 4 is 40.9 Å². The van der Waals surface area contributed by atoms with E-state index in [2.05, 4.69) is 5.32 Å². The minimum Gasteiger partial charge on any atom is -0.480 e. The number of halogens is 2. The van der Waals surface area contributed by atoms with Crippen molar-refractivity contribution in [2.24, 2.45) is 5.73 Å². The van der Waals surface area contributed by atoms with E-state index in [0.717, 1.165) is 17.8 Å². The van der Waals surface area contributed by atoms with E-state index in [1.165, 1.54) is 12.1 Å². The lowest BCUT2D eigenvalue weighted by Gasteiger charge is -2.27. The Morgan fingerprint density at radius 3 is 2.67 bits per heavy atom. The summed E-state index contributed by atoms with van der Waals surface area (Å²) in [4.78, 5) is 22.7. The molecule has 1 aromatic rings. The molecule has 1 atom stereocenters. The third kappa shape index (κ3) is 5.18. The summed E-state index contributed by atoms with van der Waals surface area (Å²) in [7, 11) is 0. The van der Waals surface area contributed by atoms with Gasteiger partial charge in [-0.25, -0.2) is 4.39 Å². The number of carboxylic acids is 1. The van der Waals surface area contributed by atoms with E-state index in [-0.39, 0.29) is 16.7 Å². The van der Waals surface area contributed by atoms with Gasteiger partial charge < -0.3 is 16.2 Å². The molecule has 0 aliphatic rings. The molecule has 0 saturated carbocycles. The van der Waals surface area contributed by atoms with Gasteiger partial charge in [-0.3, -0.25) is 9.59 Å². The minimum absolute atomic E-state index is 0.0168. The summed E-state index contributed by atoms with van der Waals surface area (Å²) >= 11 is 6.73. The van der Waals surface area contributed by atoms with Crippen LogP contribution in [0.1, 0.15) is 13.8 Å². The number of aliphatic carboxylic acids is 1. The number of nitrogens with one attached hydrogen (secondary N) is 1. The normalized spacial score (nSPS) is 12.8. The van der Waals surface area contributed by atoms with Gasteiger partial charge in [-0.05, 0) is 32.0 Å². The molecule has 4 N–H and O–H groups in total. The second kappa shape index (κ2) is 7.11. The maximum Gasteiger partial charge on any atom is 0.321 e. The molecule has 0 spiro atoms. The quantitative estimate of drug-likeness (QED) is 0.742. The van der Waals surface area contributed by atoms with Gasteiger partial charge in [0.15, 0.2) is 0 Å². The van der Waals surface area contributed by atoms with Crippen LogP contribution in [0.2, 0.25) is 5.02 Å². The molecule has 0 radical (unpaired) electrons. The summed E-state index contributed by atoms with van der Waals surface area (Å²) in [6.45, 7) is 3.30. The van der Waals surface area contributed by atoms with Gasteiger partial charge in [0.25, 0.3) is 0 Å². The highest BCUT2D eigenvalue weighted by Gasteiger charge is 2.33. The van der Waals surface area contributed by atoms with Crippen molar-refractivity contribution in [1.82, 2.24) is 0 Å². The van der Waals surface area contributed by atoms with E-state index in [0.29, 0.717) is 5.69 Å². The number of carbonyl (C=O) groups excluding carboxylic acids is 1. The van der Waals surface area contributed by atoms with Gasteiger partial charge in [0.05, 0.1) is 10.8 Å². The maximum absolute atomic E-state index is 13.0. The van der Waals surface area contributed by atoms with Crippen LogP contribution in [-0.4, -0.2) is 33.5 Å². The lowest BCUT2D eigenvalue weighted by molar-refractivity contribution is -0.139. The minimum atomic E-state index is -1.13. The van der Waals surface area contributed by atoms with Crippen LogP contribution in [0, 0.1) is 5.82 Å². The zero-order valence-electron chi connectivity index (χ0n) is 11.5. The van der Waals surface area contributed by atoms with Crippen molar-refractivity contribution in [1.29, 1.82) is 0 Å². The molecule has 116 valence electrons. The molecule has 0 fully saturated rings. The molecule has 8 heteroatoms. The summed E-state index contributed by atoms with van der Waals surface area (Å²) in [5.74, 6) is -2.03. The Kier molecular flexibility index (Phi) is 6.00. The fourth-order valence-electron chi connectivity index (χ4n) is 1.41. The molecule has 0 bridgehead atoms. The van der Waals surface area contributed by atoms with Crippen LogP contribution in [0.3, 0.4) is 0 Å². The second-order valence-electron chi connectivity index (χ2n) is 4.89. The molecular formula is C13H16ClFN2O3S. The molecule has 1 amide bonds. The van der Waals surface area contributed by atoms with Gasteiger partial charge in [0.2, 0.25) is 5.91 Å². The van der Waals surface area contributed by atoms with Crippen LogP contribution in [-0.2, 0) is 9.59 Å². The van der Waals surface area contributed by atoms with Crippen molar-refractivity contribution in [3.05, 3.63) is 29.0 Å². The van der Waals surface area contributed by atoms with Crippen molar-refractivity contribution in [2.45, 2.75) is 24.6 Å². The van der Waals surface area contributed by atoms with Gasteiger partial charge in [-0.15, -0.1) is 11.8 Å². The Morgan fingerprint density at radius 1 is 1.52 bits per heavy atom. The average molecular weight is 335 g/mol.